The van der Waals surface area contributed by atoms with Crippen LogP contribution in [0.25, 0.3) is 0 Å². The van der Waals surface area contributed by atoms with Crippen molar-refractivity contribution in [2.24, 2.45) is 0 Å². The molecule has 0 bridgehead atoms. The van der Waals surface area contributed by atoms with Gasteiger partial charge in [0.15, 0.2) is 0 Å². The molecule has 0 amide bonds. The zero-order valence-corrected chi connectivity index (χ0v) is 9.74. The van der Waals surface area contributed by atoms with Crippen molar-refractivity contribution >= 4 is 15.9 Å². The van der Waals surface area contributed by atoms with Crippen LogP contribution < -0.4 is 0 Å². The lowest BCUT2D eigenvalue weighted by atomic mass is 10.0. The van der Waals surface area contributed by atoms with Crippen LogP contribution in [0.1, 0.15) is 31.4 Å². The summed E-state index contributed by atoms with van der Waals surface area (Å²) in [5, 5.41) is 19.1. The Kier molecular flexibility index (Phi) is 4.58. The standard InChI is InChI=1S/C11H15BrO2/c1-2-10(13)7-11(14)8-3-5-9(12)6-4-8/h3-6,10-11,13-14H,2,7H2,1H3/t10-,11+/m0/s1. The summed E-state index contributed by atoms with van der Waals surface area (Å²) in [6.07, 6.45) is 0.0813. The lowest BCUT2D eigenvalue weighted by Crippen LogP contribution is -2.10. The molecule has 0 spiro atoms. The molecule has 0 aliphatic rings. The fraction of sp³-hybridized carbons (Fsp3) is 0.455. The summed E-state index contributed by atoms with van der Waals surface area (Å²) in [5.74, 6) is 0. The molecule has 2 N–H and O–H groups in total. The summed E-state index contributed by atoms with van der Waals surface area (Å²) in [4.78, 5) is 0. The van der Waals surface area contributed by atoms with Gasteiger partial charge in [-0.3, -0.25) is 0 Å². The molecule has 1 aromatic rings. The molecule has 0 aromatic heterocycles. The van der Waals surface area contributed by atoms with Crippen molar-refractivity contribution in [2.75, 3.05) is 0 Å². The quantitative estimate of drug-likeness (QED) is 0.872. The molecule has 0 saturated heterocycles. The monoisotopic (exact) mass is 258 g/mol. The highest BCUT2D eigenvalue weighted by Gasteiger charge is 2.11. The second-order valence-corrected chi connectivity index (χ2v) is 4.28. The second-order valence-electron chi connectivity index (χ2n) is 3.37. The van der Waals surface area contributed by atoms with E-state index in [0.29, 0.717) is 12.8 Å². The molecule has 0 saturated carbocycles. The van der Waals surface area contributed by atoms with Crippen molar-refractivity contribution in [3.63, 3.8) is 0 Å². The molecule has 0 heterocycles. The van der Waals surface area contributed by atoms with Gasteiger partial charge in [-0.25, -0.2) is 0 Å². The number of hydrogen-bond acceptors (Lipinski definition) is 2. The fourth-order valence-corrected chi connectivity index (χ4v) is 1.51. The average molecular weight is 259 g/mol. The van der Waals surface area contributed by atoms with Gasteiger partial charge in [-0.1, -0.05) is 35.0 Å². The normalized spacial score (nSPS) is 15.1. The number of aliphatic hydroxyl groups excluding tert-OH is 2. The highest BCUT2D eigenvalue weighted by molar-refractivity contribution is 9.10. The molecule has 14 heavy (non-hydrogen) atoms. The Labute approximate surface area is 92.7 Å². The van der Waals surface area contributed by atoms with Gasteiger partial charge in [0.1, 0.15) is 0 Å². The Morgan fingerprint density at radius 1 is 1.21 bits per heavy atom. The van der Waals surface area contributed by atoms with Gasteiger partial charge in [0.25, 0.3) is 0 Å². The highest BCUT2D eigenvalue weighted by Crippen LogP contribution is 2.21. The van der Waals surface area contributed by atoms with E-state index in [0.717, 1.165) is 10.0 Å². The Balaban J connectivity index is 2.60. The molecule has 0 aliphatic carbocycles. The van der Waals surface area contributed by atoms with Gasteiger partial charge < -0.3 is 10.2 Å². The first-order valence-corrected chi connectivity index (χ1v) is 5.54. The minimum atomic E-state index is -0.571. The molecule has 78 valence electrons. The molecule has 0 unspecified atom stereocenters. The summed E-state index contributed by atoms with van der Waals surface area (Å²) in [6, 6.07) is 7.49. The van der Waals surface area contributed by atoms with Crippen molar-refractivity contribution in [1.29, 1.82) is 0 Å². The third-order valence-electron chi connectivity index (χ3n) is 2.22. The Hall–Kier alpha value is -0.380. The highest BCUT2D eigenvalue weighted by atomic mass is 79.9. The van der Waals surface area contributed by atoms with Crippen molar-refractivity contribution < 1.29 is 10.2 Å². The van der Waals surface area contributed by atoms with E-state index in [1.165, 1.54) is 0 Å². The molecular formula is C11H15BrO2. The van der Waals surface area contributed by atoms with Crippen molar-refractivity contribution in [3.05, 3.63) is 34.3 Å². The molecule has 3 heteroatoms. The van der Waals surface area contributed by atoms with Crippen LogP contribution in [0.15, 0.2) is 28.7 Å². The molecule has 2 atom stereocenters. The smallest absolute Gasteiger partial charge is 0.0814 e. The maximum atomic E-state index is 9.74. The average Bonchev–Trinajstić information content (AvgIpc) is 2.18. The maximum Gasteiger partial charge on any atom is 0.0814 e. The number of halogens is 1. The number of hydrogen-bond donors (Lipinski definition) is 2. The van der Waals surface area contributed by atoms with E-state index < -0.39 is 12.2 Å². The van der Waals surface area contributed by atoms with Crippen LogP contribution in [0.2, 0.25) is 0 Å². The van der Waals surface area contributed by atoms with E-state index in [1.807, 2.05) is 31.2 Å². The molecule has 1 rings (SSSR count). The van der Waals surface area contributed by atoms with Gasteiger partial charge in [0.2, 0.25) is 0 Å². The van der Waals surface area contributed by atoms with Gasteiger partial charge in [0.05, 0.1) is 12.2 Å². The van der Waals surface area contributed by atoms with Crippen LogP contribution >= 0.6 is 15.9 Å². The predicted molar refractivity (Wildman–Crippen MR) is 60.0 cm³/mol. The van der Waals surface area contributed by atoms with Crippen LogP contribution in [0.3, 0.4) is 0 Å². The van der Waals surface area contributed by atoms with Crippen LogP contribution in [-0.4, -0.2) is 16.3 Å². The van der Waals surface area contributed by atoms with E-state index in [1.54, 1.807) is 0 Å². The Bertz CT molecular complexity index is 271. The van der Waals surface area contributed by atoms with Gasteiger partial charge in [-0.05, 0) is 24.1 Å². The molecule has 0 aliphatic heterocycles. The fourth-order valence-electron chi connectivity index (χ4n) is 1.25. The summed E-state index contributed by atoms with van der Waals surface area (Å²) >= 11 is 3.33. The van der Waals surface area contributed by atoms with Gasteiger partial charge in [0, 0.05) is 10.9 Å². The second kappa shape index (κ2) is 5.49. The first kappa shape index (κ1) is 11.7. The third kappa shape index (κ3) is 3.40. The van der Waals surface area contributed by atoms with Crippen LogP contribution in [0.5, 0.6) is 0 Å². The SMILES string of the molecule is CC[C@H](O)C[C@@H](O)c1ccc(Br)cc1. The van der Waals surface area contributed by atoms with E-state index in [4.69, 9.17) is 0 Å². The topological polar surface area (TPSA) is 40.5 Å². The Morgan fingerprint density at radius 2 is 1.79 bits per heavy atom. The zero-order chi connectivity index (χ0) is 10.6. The summed E-state index contributed by atoms with van der Waals surface area (Å²) < 4.78 is 0.990. The Morgan fingerprint density at radius 3 is 2.29 bits per heavy atom. The molecule has 0 fully saturated rings. The largest absolute Gasteiger partial charge is 0.393 e. The zero-order valence-electron chi connectivity index (χ0n) is 8.15. The molecule has 1 aromatic carbocycles. The van der Waals surface area contributed by atoms with Gasteiger partial charge in [-0.2, -0.15) is 0 Å². The first-order chi connectivity index (χ1) is 6.63. The van der Waals surface area contributed by atoms with Crippen molar-refractivity contribution in [3.8, 4) is 0 Å². The van der Waals surface area contributed by atoms with E-state index >= 15 is 0 Å². The predicted octanol–water partition coefficient (Wildman–Crippen LogP) is 2.64. The minimum Gasteiger partial charge on any atom is -0.393 e. The summed E-state index contributed by atoms with van der Waals surface area (Å²) in [5.41, 5.74) is 0.848. The molecule has 0 radical (unpaired) electrons. The number of benzene rings is 1. The summed E-state index contributed by atoms with van der Waals surface area (Å²) in [6.45, 7) is 1.90. The lowest BCUT2D eigenvalue weighted by Gasteiger charge is -2.14. The summed E-state index contributed by atoms with van der Waals surface area (Å²) in [7, 11) is 0. The first-order valence-electron chi connectivity index (χ1n) is 4.75. The van der Waals surface area contributed by atoms with Gasteiger partial charge >= 0.3 is 0 Å². The van der Waals surface area contributed by atoms with E-state index in [9.17, 15) is 10.2 Å². The maximum absolute atomic E-state index is 9.74. The van der Waals surface area contributed by atoms with E-state index in [2.05, 4.69) is 15.9 Å². The van der Waals surface area contributed by atoms with E-state index in [-0.39, 0.29) is 0 Å². The van der Waals surface area contributed by atoms with Crippen LogP contribution in [0.4, 0.5) is 0 Å². The number of aliphatic hydroxyl groups is 2. The lowest BCUT2D eigenvalue weighted by molar-refractivity contribution is 0.0784. The van der Waals surface area contributed by atoms with Gasteiger partial charge in [-0.15, -0.1) is 0 Å². The molecular weight excluding hydrogens is 244 g/mol. The van der Waals surface area contributed by atoms with Crippen molar-refractivity contribution in [2.45, 2.75) is 32.0 Å². The minimum absolute atomic E-state index is 0.401. The van der Waals surface area contributed by atoms with Crippen molar-refractivity contribution in [1.82, 2.24) is 0 Å². The van der Waals surface area contributed by atoms with Crippen LogP contribution in [-0.2, 0) is 0 Å². The number of rotatable bonds is 4. The molecule has 2 nitrogen and oxygen atoms in total. The third-order valence-corrected chi connectivity index (χ3v) is 2.75. The van der Waals surface area contributed by atoms with Crippen LogP contribution in [0, 0.1) is 0 Å².